The standard InChI is InChI=1S/C42H44N4O4/c1-29(33-11-5-3-6-12-33)41(49)45-27-9-15-37(45)39(47)43-35-23-19-31(20-24-35)17-18-32-21-25-36(26-22-32)44-40(48)38-16-10-28-46(38)42(50)30(2)34-13-7-4-8-14-34/h3-8,11-14,17-26,29-30,37-38H,9-10,15-16,27-28H2,1-2H3,(H,43,47)(H,44,48)/b18-17+/t29-,30-,37-,38-/m1/s1. The molecule has 0 aliphatic carbocycles. The van der Waals surface area contributed by atoms with Crippen molar-refractivity contribution in [2.45, 2.75) is 63.5 Å². The van der Waals surface area contributed by atoms with Gasteiger partial charge in [-0.15, -0.1) is 0 Å². The van der Waals surface area contributed by atoms with Gasteiger partial charge >= 0.3 is 0 Å². The van der Waals surface area contributed by atoms with Crippen molar-refractivity contribution in [3.8, 4) is 0 Å². The molecule has 4 aromatic rings. The fraction of sp³-hybridized carbons (Fsp3) is 0.286. The van der Waals surface area contributed by atoms with E-state index in [0.29, 0.717) is 37.3 Å². The molecule has 4 atom stereocenters. The molecule has 0 spiro atoms. The van der Waals surface area contributed by atoms with Crippen LogP contribution in [0.2, 0.25) is 0 Å². The van der Waals surface area contributed by atoms with Crippen LogP contribution in [0.4, 0.5) is 11.4 Å². The van der Waals surface area contributed by atoms with Gasteiger partial charge in [0.1, 0.15) is 12.1 Å². The van der Waals surface area contributed by atoms with Crippen LogP contribution in [0.5, 0.6) is 0 Å². The minimum atomic E-state index is -0.482. The second-order valence-corrected chi connectivity index (χ2v) is 13.2. The van der Waals surface area contributed by atoms with Crippen LogP contribution >= 0.6 is 0 Å². The highest BCUT2D eigenvalue weighted by atomic mass is 16.2. The lowest BCUT2D eigenvalue weighted by atomic mass is 9.99. The first-order valence-corrected chi connectivity index (χ1v) is 17.5. The largest absolute Gasteiger partial charge is 0.330 e. The van der Waals surface area contributed by atoms with Crippen LogP contribution in [0.25, 0.3) is 12.2 Å². The monoisotopic (exact) mass is 668 g/mol. The molecular formula is C42H44N4O4. The number of carbonyl (C=O) groups excluding carboxylic acids is 4. The maximum atomic E-state index is 13.3. The number of benzene rings is 4. The van der Waals surface area contributed by atoms with Crippen LogP contribution in [-0.2, 0) is 19.2 Å². The molecule has 4 amide bonds. The highest BCUT2D eigenvalue weighted by Gasteiger charge is 2.37. The summed E-state index contributed by atoms with van der Waals surface area (Å²) in [6.07, 6.45) is 6.87. The third-order valence-electron chi connectivity index (χ3n) is 9.84. The average Bonchev–Trinajstić information content (AvgIpc) is 3.86. The first kappa shape index (κ1) is 34.4. The van der Waals surface area contributed by atoms with Crippen molar-refractivity contribution in [2.24, 2.45) is 0 Å². The van der Waals surface area contributed by atoms with Gasteiger partial charge in [0.2, 0.25) is 23.6 Å². The molecule has 50 heavy (non-hydrogen) atoms. The van der Waals surface area contributed by atoms with Crippen LogP contribution in [0.15, 0.2) is 109 Å². The summed E-state index contributed by atoms with van der Waals surface area (Å²) in [6, 6.07) is 33.6. The van der Waals surface area contributed by atoms with E-state index in [2.05, 4.69) is 10.6 Å². The van der Waals surface area contributed by atoms with Crippen LogP contribution in [0.1, 0.15) is 73.6 Å². The molecule has 4 aromatic carbocycles. The van der Waals surface area contributed by atoms with E-state index in [9.17, 15) is 19.2 Å². The number of nitrogens with one attached hydrogen (secondary N) is 2. The van der Waals surface area contributed by atoms with Gasteiger partial charge in [0.05, 0.1) is 11.8 Å². The molecule has 6 rings (SSSR count). The van der Waals surface area contributed by atoms with E-state index in [1.165, 1.54) is 0 Å². The molecule has 2 saturated heterocycles. The lowest BCUT2D eigenvalue weighted by molar-refractivity contribution is -0.137. The smallest absolute Gasteiger partial charge is 0.247 e. The highest BCUT2D eigenvalue weighted by molar-refractivity contribution is 5.99. The Hall–Kier alpha value is -5.50. The van der Waals surface area contributed by atoms with Crippen molar-refractivity contribution in [1.82, 2.24) is 9.80 Å². The highest BCUT2D eigenvalue weighted by Crippen LogP contribution is 2.27. The molecule has 2 fully saturated rings. The van der Waals surface area contributed by atoms with Gasteiger partial charge in [-0.25, -0.2) is 0 Å². The Kier molecular flexibility index (Phi) is 10.9. The lowest BCUT2D eigenvalue weighted by Gasteiger charge is -2.27. The van der Waals surface area contributed by atoms with Crippen molar-refractivity contribution in [1.29, 1.82) is 0 Å². The maximum absolute atomic E-state index is 13.3. The average molecular weight is 669 g/mol. The molecule has 0 radical (unpaired) electrons. The summed E-state index contributed by atoms with van der Waals surface area (Å²) in [5.74, 6) is -0.988. The number of hydrogen-bond donors (Lipinski definition) is 2. The van der Waals surface area contributed by atoms with Crippen LogP contribution < -0.4 is 10.6 Å². The van der Waals surface area contributed by atoms with E-state index >= 15 is 0 Å². The summed E-state index contributed by atoms with van der Waals surface area (Å²) >= 11 is 0. The van der Waals surface area contributed by atoms with Gasteiger partial charge in [-0.05, 0) is 86.1 Å². The Labute approximate surface area is 294 Å². The lowest BCUT2D eigenvalue weighted by Crippen LogP contribution is -2.44. The normalized spacial score (nSPS) is 18.5. The second-order valence-electron chi connectivity index (χ2n) is 13.2. The minimum absolute atomic E-state index is 0.0223. The van der Waals surface area contributed by atoms with E-state index in [4.69, 9.17) is 0 Å². The van der Waals surface area contributed by atoms with Gasteiger partial charge in [0.15, 0.2) is 0 Å². The predicted molar refractivity (Wildman–Crippen MR) is 198 cm³/mol. The van der Waals surface area contributed by atoms with Crippen LogP contribution in [0.3, 0.4) is 0 Å². The van der Waals surface area contributed by atoms with E-state index in [-0.39, 0.29) is 35.5 Å². The molecule has 2 heterocycles. The van der Waals surface area contributed by atoms with Crippen LogP contribution in [-0.4, -0.2) is 58.6 Å². The number of amides is 4. The molecule has 2 N–H and O–H groups in total. The number of nitrogens with zero attached hydrogens (tertiary/aromatic N) is 2. The molecule has 8 nitrogen and oxygen atoms in total. The first-order valence-electron chi connectivity index (χ1n) is 17.5. The topological polar surface area (TPSA) is 98.8 Å². The Bertz CT molecular complexity index is 1690. The van der Waals surface area contributed by atoms with Gasteiger partial charge in [0, 0.05) is 24.5 Å². The molecule has 0 unspecified atom stereocenters. The SMILES string of the molecule is C[C@@H](C(=O)N1CCC[C@@H]1C(=O)Nc1ccc(/C=C/c2ccc(NC(=O)[C@H]3CCCN3C(=O)[C@H](C)c3ccccc3)cc2)cc1)c1ccccc1. The predicted octanol–water partition coefficient (Wildman–Crippen LogP) is 7.32. The summed E-state index contributed by atoms with van der Waals surface area (Å²) in [5, 5.41) is 6.00. The molecule has 2 aliphatic rings. The number of rotatable bonds is 10. The quantitative estimate of drug-likeness (QED) is 0.173. The maximum Gasteiger partial charge on any atom is 0.247 e. The zero-order valence-electron chi connectivity index (χ0n) is 28.6. The zero-order chi connectivity index (χ0) is 35.0. The van der Waals surface area contributed by atoms with Gasteiger partial charge in [-0.3, -0.25) is 19.2 Å². The Balaban J connectivity index is 1.000. The van der Waals surface area contributed by atoms with Gasteiger partial charge in [0.25, 0.3) is 0 Å². The second kappa shape index (κ2) is 15.8. The van der Waals surface area contributed by atoms with Crippen LogP contribution in [0, 0.1) is 0 Å². The number of hydrogen-bond acceptors (Lipinski definition) is 4. The third kappa shape index (κ3) is 8.03. The van der Waals surface area contributed by atoms with Gasteiger partial charge in [-0.1, -0.05) is 97.1 Å². The van der Waals surface area contributed by atoms with Crippen molar-refractivity contribution < 1.29 is 19.2 Å². The van der Waals surface area contributed by atoms with Gasteiger partial charge < -0.3 is 20.4 Å². The Morgan fingerprint density at radius 1 is 0.560 bits per heavy atom. The van der Waals surface area contributed by atoms with E-state index in [0.717, 1.165) is 35.1 Å². The zero-order valence-corrected chi connectivity index (χ0v) is 28.6. The first-order chi connectivity index (χ1) is 24.3. The number of carbonyl (C=O) groups is 4. The van der Waals surface area contributed by atoms with E-state index in [1.807, 2.05) is 135 Å². The summed E-state index contributed by atoms with van der Waals surface area (Å²) in [4.78, 5) is 56.4. The Morgan fingerprint density at radius 2 is 0.920 bits per heavy atom. The molecular weight excluding hydrogens is 624 g/mol. The fourth-order valence-corrected chi connectivity index (χ4v) is 6.87. The molecule has 2 aliphatic heterocycles. The van der Waals surface area contributed by atoms with Crippen molar-refractivity contribution in [3.63, 3.8) is 0 Å². The van der Waals surface area contributed by atoms with Crippen molar-refractivity contribution in [2.75, 3.05) is 23.7 Å². The number of likely N-dealkylation sites (tertiary alicyclic amines) is 2. The molecule has 256 valence electrons. The third-order valence-corrected chi connectivity index (χ3v) is 9.84. The fourth-order valence-electron chi connectivity index (χ4n) is 6.87. The van der Waals surface area contributed by atoms with Crippen molar-refractivity contribution >= 4 is 47.2 Å². The van der Waals surface area contributed by atoms with Gasteiger partial charge in [-0.2, -0.15) is 0 Å². The van der Waals surface area contributed by atoms with E-state index in [1.54, 1.807) is 9.80 Å². The van der Waals surface area contributed by atoms with E-state index < -0.39 is 12.1 Å². The summed E-state index contributed by atoms with van der Waals surface area (Å²) in [7, 11) is 0. The molecule has 8 heteroatoms. The number of anilines is 2. The molecule has 0 saturated carbocycles. The summed E-state index contributed by atoms with van der Waals surface area (Å²) < 4.78 is 0. The summed E-state index contributed by atoms with van der Waals surface area (Å²) in [6.45, 7) is 4.96. The van der Waals surface area contributed by atoms with Crippen molar-refractivity contribution in [3.05, 3.63) is 131 Å². The molecule has 0 bridgehead atoms. The molecule has 0 aromatic heterocycles. The minimum Gasteiger partial charge on any atom is -0.330 e. The Morgan fingerprint density at radius 3 is 1.28 bits per heavy atom. The summed E-state index contributed by atoms with van der Waals surface area (Å²) in [5.41, 5.74) is 5.18.